The van der Waals surface area contributed by atoms with Crippen LogP contribution in [0.3, 0.4) is 0 Å². The van der Waals surface area contributed by atoms with Gasteiger partial charge in [0.25, 0.3) is 0 Å². The molecule has 3 aromatic rings. The molecule has 7 nitrogen and oxygen atoms in total. The van der Waals surface area contributed by atoms with Crippen molar-refractivity contribution in [1.82, 2.24) is 15.2 Å². The largest absolute Gasteiger partial charge is 0.460 e. The number of nitrogens with one attached hydrogen (secondary N) is 1. The summed E-state index contributed by atoms with van der Waals surface area (Å²) in [5.74, 6) is -0.784. The Hall–Kier alpha value is -1.69. The zero-order chi connectivity index (χ0) is 27.1. The average Bonchev–Trinajstić information content (AvgIpc) is 3.42. The summed E-state index contributed by atoms with van der Waals surface area (Å²) in [6.07, 6.45) is 0.154. The molecule has 0 saturated carbocycles. The molecule has 0 bridgehead atoms. The standard InChI is InChI=1S/C25H22Cl3N3O4S3/c1-24(13-36-23-29-15-9-5-6-10-16(15)37-23)19(22(34)35-12-25(26,27)28)31-20(33)18(21(31)38-24)30-17(32)11-14-7-3-2-4-8-14/h2-10,18-19,21H,11-13H2,1H3,(H,30,32)/t18?,19?,21-,24?/m1/s1. The van der Waals surface area contributed by atoms with E-state index in [-0.39, 0.29) is 18.2 Å². The molecule has 0 radical (unpaired) electrons. The number of hydrogen-bond donors (Lipinski definition) is 1. The molecular formula is C25H22Cl3N3O4S3. The Morgan fingerprint density at radius 3 is 2.58 bits per heavy atom. The lowest BCUT2D eigenvalue weighted by atomic mass is 9.95. The summed E-state index contributed by atoms with van der Waals surface area (Å²) >= 11 is 21.9. The van der Waals surface area contributed by atoms with Crippen molar-refractivity contribution in [3.05, 3.63) is 60.2 Å². The quantitative estimate of drug-likeness (QED) is 0.161. The highest BCUT2D eigenvalue weighted by molar-refractivity contribution is 8.05. The molecule has 1 aromatic heterocycles. The number of halogens is 3. The lowest BCUT2D eigenvalue weighted by Gasteiger charge is -2.44. The number of nitrogens with zero attached hydrogens (tertiary/aromatic N) is 2. The van der Waals surface area contributed by atoms with E-state index in [1.165, 1.54) is 28.4 Å². The van der Waals surface area contributed by atoms with Gasteiger partial charge < -0.3 is 15.0 Å². The zero-order valence-corrected chi connectivity index (χ0v) is 24.7. The van der Waals surface area contributed by atoms with Crippen molar-refractivity contribution in [3.8, 4) is 0 Å². The van der Waals surface area contributed by atoms with Crippen LogP contribution in [-0.2, 0) is 25.5 Å². The van der Waals surface area contributed by atoms with Crippen molar-refractivity contribution in [2.45, 2.75) is 43.7 Å². The molecule has 13 heteroatoms. The second-order valence-electron chi connectivity index (χ2n) is 9.14. The molecule has 1 N–H and O–H groups in total. The van der Waals surface area contributed by atoms with E-state index in [0.717, 1.165) is 20.1 Å². The summed E-state index contributed by atoms with van der Waals surface area (Å²) in [4.78, 5) is 45.3. The Kier molecular flexibility index (Phi) is 8.11. The minimum absolute atomic E-state index is 0.154. The fourth-order valence-corrected chi connectivity index (χ4v) is 8.76. The van der Waals surface area contributed by atoms with Crippen LogP contribution in [0.2, 0.25) is 0 Å². The number of carbonyl (C=O) groups excluding carboxylic acids is 3. The van der Waals surface area contributed by atoms with Gasteiger partial charge in [0, 0.05) is 5.75 Å². The third-order valence-electron chi connectivity index (χ3n) is 6.21. The van der Waals surface area contributed by atoms with E-state index in [1.54, 1.807) is 11.3 Å². The Morgan fingerprint density at radius 2 is 1.87 bits per heavy atom. The van der Waals surface area contributed by atoms with E-state index in [4.69, 9.17) is 39.5 Å². The molecule has 2 aromatic carbocycles. The molecule has 2 aliphatic heterocycles. The van der Waals surface area contributed by atoms with E-state index in [9.17, 15) is 14.4 Å². The number of amides is 2. The van der Waals surface area contributed by atoms with Crippen LogP contribution < -0.4 is 5.32 Å². The average molecular weight is 631 g/mol. The van der Waals surface area contributed by atoms with Gasteiger partial charge in [-0.05, 0) is 24.6 Å². The number of esters is 1. The number of β-lactam (4-membered cyclic amide) rings is 1. The molecule has 5 rings (SSSR count). The topological polar surface area (TPSA) is 88.6 Å². The van der Waals surface area contributed by atoms with Gasteiger partial charge in [0.1, 0.15) is 24.1 Å². The molecule has 4 atom stereocenters. The molecule has 2 aliphatic rings. The van der Waals surface area contributed by atoms with Crippen molar-refractivity contribution < 1.29 is 19.1 Å². The van der Waals surface area contributed by atoms with Crippen LogP contribution in [0.4, 0.5) is 0 Å². The zero-order valence-electron chi connectivity index (χ0n) is 19.9. The van der Waals surface area contributed by atoms with Crippen molar-refractivity contribution in [2.75, 3.05) is 12.4 Å². The van der Waals surface area contributed by atoms with Gasteiger partial charge in [-0.3, -0.25) is 9.59 Å². The maximum atomic E-state index is 13.3. The number of thioether (sulfide) groups is 2. The number of thiazole rings is 1. The first kappa shape index (κ1) is 27.9. The predicted molar refractivity (Wildman–Crippen MR) is 154 cm³/mol. The maximum absolute atomic E-state index is 13.3. The molecule has 2 saturated heterocycles. The molecule has 0 aliphatic carbocycles. The smallest absolute Gasteiger partial charge is 0.330 e. The van der Waals surface area contributed by atoms with Crippen LogP contribution in [0.15, 0.2) is 58.9 Å². The van der Waals surface area contributed by atoms with E-state index >= 15 is 0 Å². The van der Waals surface area contributed by atoms with E-state index in [2.05, 4.69) is 10.3 Å². The lowest BCUT2D eigenvalue weighted by molar-refractivity contribution is -0.164. The highest BCUT2D eigenvalue weighted by Crippen LogP contribution is 2.53. The molecule has 2 fully saturated rings. The Morgan fingerprint density at radius 1 is 1.16 bits per heavy atom. The minimum atomic E-state index is -1.78. The van der Waals surface area contributed by atoms with Gasteiger partial charge >= 0.3 is 5.97 Å². The summed E-state index contributed by atoms with van der Waals surface area (Å²) in [5, 5.41) is 2.42. The normalized spacial score (nSPS) is 24.7. The van der Waals surface area contributed by atoms with Crippen molar-refractivity contribution in [2.24, 2.45) is 0 Å². The molecule has 3 unspecified atom stereocenters. The Labute approximate surface area is 246 Å². The summed E-state index contributed by atoms with van der Waals surface area (Å²) < 4.78 is 4.73. The van der Waals surface area contributed by atoms with Crippen molar-refractivity contribution in [3.63, 3.8) is 0 Å². The maximum Gasteiger partial charge on any atom is 0.330 e. The van der Waals surface area contributed by atoms with Gasteiger partial charge in [-0.1, -0.05) is 89.0 Å². The van der Waals surface area contributed by atoms with E-state index in [0.29, 0.717) is 5.75 Å². The number of alkyl halides is 3. The highest BCUT2D eigenvalue weighted by atomic mass is 35.6. The number of benzene rings is 2. The number of hydrogen-bond acceptors (Lipinski definition) is 8. The fourth-order valence-electron chi connectivity index (χ4n) is 4.48. The first-order valence-corrected chi connectivity index (χ1v) is 15.4. The molecular weight excluding hydrogens is 609 g/mol. The minimum Gasteiger partial charge on any atom is -0.460 e. The number of fused-ring (bicyclic) bond motifs is 2. The van der Waals surface area contributed by atoms with Crippen LogP contribution in [0, 0.1) is 0 Å². The monoisotopic (exact) mass is 629 g/mol. The summed E-state index contributed by atoms with van der Waals surface area (Å²) in [6.45, 7) is 1.47. The predicted octanol–water partition coefficient (Wildman–Crippen LogP) is 5.07. The first-order valence-electron chi connectivity index (χ1n) is 11.6. The molecule has 38 heavy (non-hydrogen) atoms. The molecule has 0 spiro atoms. The van der Waals surface area contributed by atoms with Crippen LogP contribution >= 0.6 is 69.7 Å². The SMILES string of the molecule is CC1(CSc2nc3ccccc3s2)S[C@@H]2C(NC(=O)Cc3ccccc3)C(=O)N2C1C(=O)OCC(Cl)(Cl)Cl. The molecule has 3 heterocycles. The van der Waals surface area contributed by atoms with Crippen molar-refractivity contribution in [1.29, 1.82) is 0 Å². The first-order chi connectivity index (χ1) is 18.0. The number of aromatic nitrogens is 1. The second-order valence-corrected chi connectivity index (χ2v) is 15.6. The Bertz CT molecular complexity index is 1340. The van der Waals surface area contributed by atoms with E-state index < -0.39 is 38.6 Å². The van der Waals surface area contributed by atoms with Crippen LogP contribution in [0.25, 0.3) is 10.2 Å². The van der Waals surface area contributed by atoms with Crippen LogP contribution in [-0.4, -0.2) is 66.0 Å². The summed E-state index contributed by atoms with van der Waals surface area (Å²) in [6, 6.07) is 15.5. The fraction of sp³-hybridized carbons (Fsp3) is 0.360. The van der Waals surface area contributed by atoms with Gasteiger partial charge in [0.2, 0.25) is 15.6 Å². The van der Waals surface area contributed by atoms with Crippen LogP contribution in [0.1, 0.15) is 12.5 Å². The summed E-state index contributed by atoms with van der Waals surface area (Å²) in [5.41, 5.74) is 1.75. The van der Waals surface area contributed by atoms with Gasteiger partial charge in [-0.25, -0.2) is 9.78 Å². The van der Waals surface area contributed by atoms with Crippen LogP contribution in [0.5, 0.6) is 0 Å². The van der Waals surface area contributed by atoms with Gasteiger partial charge in [-0.15, -0.1) is 23.1 Å². The number of para-hydroxylation sites is 1. The Balaban J connectivity index is 1.33. The number of carbonyl (C=O) groups is 3. The van der Waals surface area contributed by atoms with Gasteiger partial charge in [0.05, 0.1) is 21.4 Å². The molecule has 2 amide bonds. The number of ether oxygens (including phenoxy) is 1. The third kappa shape index (κ3) is 5.90. The van der Waals surface area contributed by atoms with Crippen molar-refractivity contribution >= 4 is 97.7 Å². The third-order valence-corrected chi connectivity index (χ3v) is 10.9. The van der Waals surface area contributed by atoms with Gasteiger partial charge in [-0.2, -0.15) is 0 Å². The highest BCUT2D eigenvalue weighted by Gasteiger charge is 2.66. The summed E-state index contributed by atoms with van der Waals surface area (Å²) in [7, 11) is 0. The van der Waals surface area contributed by atoms with Gasteiger partial charge in [0.15, 0.2) is 4.34 Å². The number of rotatable bonds is 8. The van der Waals surface area contributed by atoms with E-state index in [1.807, 2.05) is 61.5 Å². The second kappa shape index (κ2) is 11.1. The lowest BCUT2D eigenvalue weighted by Crippen LogP contribution is -2.71. The molecule has 200 valence electrons.